The topological polar surface area (TPSA) is 107 Å². The summed E-state index contributed by atoms with van der Waals surface area (Å²) in [5.41, 5.74) is 2.69. The van der Waals surface area contributed by atoms with E-state index in [4.69, 9.17) is 9.47 Å². The largest absolute Gasteiger partial charge is 0.493 e. The zero-order valence-corrected chi connectivity index (χ0v) is 18.5. The van der Waals surface area contributed by atoms with Crippen LogP contribution in [0.5, 0.6) is 11.5 Å². The second kappa shape index (κ2) is 9.06. The smallest absolute Gasteiger partial charge is 0.319 e. The predicted octanol–water partition coefficient (Wildman–Crippen LogP) is 3.47. The third-order valence-corrected chi connectivity index (χ3v) is 5.69. The molecule has 0 fully saturated rings. The molecule has 32 heavy (non-hydrogen) atoms. The molecule has 0 unspecified atom stereocenters. The summed E-state index contributed by atoms with van der Waals surface area (Å²) in [4.78, 5) is 29.8. The first-order valence-corrected chi connectivity index (χ1v) is 10.5. The molecule has 0 saturated carbocycles. The fourth-order valence-corrected chi connectivity index (χ4v) is 4.14. The van der Waals surface area contributed by atoms with E-state index in [1.165, 1.54) is 36.1 Å². The third-order valence-electron chi connectivity index (χ3n) is 4.75. The molecule has 4 rings (SSSR count). The van der Waals surface area contributed by atoms with Crippen LogP contribution in [0.1, 0.15) is 11.3 Å². The first-order chi connectivity index (χ1) is 15.5. The Morgan fingerprint density at radius 1 is 1.09 bits per heavy atom. The number of hydrogen-bond acceptors (Lipinski definition) is 7. The number of carbonyl (C=O) groups is 1. The molecule has 0 saturated heterocycles. The van der Waals surface area contributed by atoms with Gasteiger partial charge < -0.3 is 20.1 Å². The van der Waals surface area contributed by atoms with E-state index in [0.717, 1.165) is 11.1 Å². The number of nitrogens with one attached hydrogen (secondary N) is 2. The molecule has 4 aromatic rings. The highest BCUT2D eigenvalue weighted by Crippen LogP contribution is 2.30. The van der Waals surface area contributed by atoms with Crippen molar-refractivity contribution in [1.82, 2.24) is 19.9 Å². The van der Waals surface area contributed by atoms with Gasteiger partial charge in [0.15, 0.2) is 11.5 Å². The molecular weight excluding hydrogens is 430 g/mol. The van der Waals surface area contributed by atoms with Gasteiger partial charge in [-0.3, -0.25) is 4.79 Å². The molecule has 0 atom stereocenters. The fourth-order valence-electron chi connectivity index (χ4n) is 3.13. The minimum Gasteiger partial charge on any atom is -0.493 e. The molecule has 0 aliphatic carbocycles. The van der Waals surface area contributed by atoms with Crippen LogP contribution in [0.15, 0.2) is 53.3 Å². The maximum atomic E-state index is 12.5. The molecule has 2 N–H and O–H groups in total. The summed E-state index contributed by atoms with van der Waals surface area (Å²) in [5.74, 6) is 1.06. The molecule has 2 amide bonds. The molecule has 0 spiro atoms. The third kappa shape index (κ3) is 4.40. The van der Waals surface area contributed by atoms with Gasteiger partial charge in [-0.25, -0.2) is 9.78 Å². The normalized spacial score (nSPS) is 10.7. The molecule has 0 aliphatic heterocycles. The highest BCUT2D eigenvalue weighted by Gasteiger charge is 2.13. The summed E-state index contributed by atoms with van der Waals surface area (Å²) in [6.45, 7) is 2.08. The summed E-state index contributed by atoms with van der Waals surface area (Å²) >= 11 is 1.32. The van der Waals surface area contributed by atoms with Crippen molar-refractivity contribution < 1.29 is 14.3 Å². The highest BCUT2D eigenvalue weighted by molar-refractivity contribution is 7.19. The van der Waals surface area contributed by atoms with E-state index < -0.39 is 6.03 Å². The van der Waals surface area contributed by atoms with E-state index in [9.17, 15) is 9.59 Å². The van der Waals surface area contributed by atoms with Crippen LogP contribution in [0.2, 0.25) is 0 Å². The van der Waals surface area contributed by atoms with E-state index in [1.54, 1.807) is 18.2 Å². The summed E-state index contributed by atoms with van der Waals surface area (Å²) in [5, 5.41) is 10.5. The van der Waals surface area contributed by atoms with E-state index in [-0.39, 0.29) is 12.1 Å². The highest BCUT2D eigenvalue weighted by atomic mass is 32.1. The molecule has 0 bridgehead atoms. The summed E-state index contributed by atoms with van der Waals surface area (Å²) in [7, 11) is 3.06. The van der Waals surface area contributed by atoms with Gasteiger partial charge in [0, 0.05) is 23.4 Å². The van der Waals surface area contributed by atoms with Crippen molar-refractivity contribution in [3.63, 3.8) is 0 Å². The lowest BCUT2D eigenvalue weighted by molar-refractivity contribution is 0.251. The van der Waals surface area contributed by atoms with Crippen molar-refractivity contribution in [1.29, 1.82) is 0 Å². The Kier molecular flexibility index (Phi) is 6.04. The van der Waals surface area contributed by atoms with Crippen molar-refractivity contribution in [2.45, 2.75) is 13.5 Å². The number of anilines is 1. The number of amides is 2. The molecule has 164 valence electrons. The van der Waals surface area contributed by atoms with Crippen molar-refractivity contribution in [3.05, 3.63) is 70.1 Å². The van der Waals surface area contributed by atoms with Gasteiger partial charge in [0.1, 0.15) is 5.01 Å². The lowest BCUT2D eigenvalue weighted by Crippen LogP contribution is -2.29. The summed E-state index contributed by atoms with van der Waals surface area (Å²) < 4.78 is 11.7. The van der Waals surface area contributed by atoms with Crippen LogP contribution in [0, 0.1) is 6.92 Å². The van der Waals surface area contributed by atoms with Crippen LogP contribution < -0.4 is 25.7 Å². The second-order valence-corrected chi connectivity index (χ2v) is 7.84. The predicted molar refractivity (Wildman–Crippen MR) is 123 cm³/mol. The maximum absolute atomic E-state index is 12.5. The number of hydrogen-bond donors (Lipinski definition) is 2. The van der Waals surface area contributed by atoms with Gasteiger partial charge in [0.25, 0.3) is 5.56 Å². The molecule has 2 heterocycles. The van der Waals surface area contributed by atoms with E-state index in [2.05, 4.69) is 20.7 Å². The number of urea groups is 1. The minimum absolute atomic E-state index is 0.0858. The maximum Gasteiger partial charge on any atom is 0.319 e. The van der Waals surface area contributed by atoms with Crippen LogP contribution in [0.25, 0.3) is 15.5 Å². The van der Waals surface area contributed by atoms with Gasteiger partial charge in [0.05, 0.1) is 26.5 Å². The Morgan fingerprint density at radius 2 is 1.88 bits per heavy atom. The van der Waals surface area contributed by atoms with E-state index >= 15 is 0 Å². The Labute approximate surface area is 187 Å². The number of carbonyl (C=O) groups excluding carboxylic acids is 1. The van der Waals surface area contributed by atoms with Crippen molar-refractivity contribution >= 4 is 28.0 Å². The number of ether oxygens (including phenoxy) is 2. The van der Waals surface area contributed by atoms with Gasteiger partial charge in [-0.1, -0.05) is 35.6 Å². The molecule has 0 aliphatic rings. The van der Waals surface area contributed by atoms with Crippen LogP contribution in [0.3, 0.4) is 0 Å². The SMILES string of the molecule is COc1ccc(NC(=O)NCc2cc(=O)n3nc(-c4ccccc4C)sc3n2)cc1OC. The first kappa shape index (κ1) is 21.3. The standard InChI is InChI=1S/C22H21N5O4S/c1-13-6-4-5-7-16(13)20-26-27-19(28)11-15(25-22(27)32-20)12-23-21(29)24-14-8-9-17(30-2)18(10-14)31-3/h4-11H,12H2,1-3H3,(H2,23,24,29). The molecule has 10 heteroatoms. The monoisotopic (exact) mass is 451 g/mol. The summed E-state index contributed by atoms with van der Waals surface area (Å²) in [6.07, 6.45) is 0. The lowest BCUT2D eigenvalue weighted by atomic mass is 10.1. The molecule has 2 aromatic heterocycles. The Bertz CT molecular complexity index is 1350. The zero-order valence-electron chi connectivity index (χ0n) is 17.7. The van der Waals surface area contributed by atoms with Crippen LogP contribution in [-0.2, 0) is 6.54 Å². The molecular formula is C22H21N5O4S. The minimum atomic E-state index is -0.441. The first-order valence-electron chi connectivity index (χ1n) is 9.71. The van der Waals surface area contributed by atoms with Crippen molar-refractivity contribution in [3.8, 4) is 22.1 Å². The van der Waals surface area contributed by atoms with Crippen LogP contribution in [0.4, 0.5) is 10.5 Å². The number of nitrogens with zero attached hydrogens (tertiary/aromatic N) is 3. The average Bonchev–Trinajstić information content (AvgIpc) is 3.22. The fraction of sp³-hybridized carbons (Fsp3) is 0.182. The van der Waals surface area contributed by atoms with Crippen LogP contribution >= 0.6 is 11.3 Å². The van der Waals surface area contributed by atoms with Gasteiger partial charge in [-0.05, 0) is 24.6 Å². The van der Waals surface area contributed by atoms with Gasteiger partial charge in [-0.2, -0.15) is 9.61 Å². The Balaban J connectivity index is 1.48. The molecule has 9 nitrogen and oxygen atoms in total. The second-order valence-electron chi connectivity index (χ2n) is 6.88. The van der Waals surface area contributed by atoms with Crippen LogP contribution in [-0.4, -0.2) is 34.8 Å². The quantitative estimate of drug-likeness (QED) is 0.465. The lowest BCUT2D eigenvalue weighted by Gasteiger charge is -2.11. The van der Waals surface area contributed by atoms with Gasteiger partial charge in [0.2, 0.25) is 4.96 Å². The number of benzene rings is 2. The number of aryl methyl sites for hydroxylation is 1. The average molecular weight is 452 g/mol. The molecule has 2 aromatic carbocycles. The number of methoxy groups -OCH3 is 2. The number of fused-ring (bicyclic) bond motifs is 1. The van der Waals surface area contributed by atoms with Crippen molar-refractivity contribution in [2.24, 2.45) is 0 Å². The number of rotatable bonds is 6. The van der Waals surface area contributed by atoms with Crippen molar-refractivity contribution in [2.75, 3.05) is 19.5 Å². The zero-order chi connectivity index (χ0) is 22.7. The Morgan fingerprint density at radius 3 is 2.62 bits per heavy atom. The molecule has 0 radical (unpaired) electrons. The van der Waals surface area contributed by atoms with Gasteiger partial charge in [-0.15, -0.1) is 0 Å². The van der Waals surface area contributed by atoms with E-state index in [1.807, 2.05) is 31.2 Å². The Hall–Kier alpha value is -3.92. The summed E-state index contributed by atoms with van der Waals surface area (Å²) in [6, 6.07) is 13.8. The van der Waals surface area contributed by atoms with Gasteiger partial charge >= 0.3 is 6.03 Å². The van der Waals surface area contributed by atoms with E-state index in [0.29, 0.717) is 32.8 Å². The number of aromatic nitrogens is 3.